The van der Waals surface area contributed by atoms with E-state index in [4.69, 9.17) is 0 Å². The first-order valence-corrected chi connectivity index (χ1v) is 11.8. The van der Waals surface area contributed by atoms with Crippen LogP contribution in [0.2, 0.25) is 0 Å². The average Bonchev–Trinajstić information content (AvgIpc) is 2.53. The van der Waals surface area contributed by atoms with Crippen molar-refractivity contribution in [3.05, 3.63) is 0 Å². The van der Waals surface area contributed by atoms with E-state index in [1.165, 1.54) is 38.5 Å². The van der Waals surface area contributed by atoms with E-state index >= 15 is 0 Å². The van der Waals surface area contributed by atoms with Crippen molar-refractivity contribution >= 4 is 15.9 Å². The third-order valence-corrected chi connectivity index (χ3v) is 8.01. The molecule has 3 atom stereocenters. The molecule has 1 saturated carbocycles. The Hall–Kier alpha value is -0.820. The molecule has 2 aliphatic heterocycles. The monoisotopic (exact) mass is 371 g/mol. The molecule has 0 bridgehead atoms. The largest absolute Gasteiger partial charge is 0.335 e. The van der Waals surface area contributed by atoms with Crippen molar-refractivity contribution in [2.24, 2.45) is 5.92 Å². The number of urea groups is 1. The molecule has 0 spiro atoms. The number of sulfone groups is 1. The summed E-state index contributed by atoms with van der Waals surface area (Å²) in [5.41, 5.74) is 0. The fourth-order valence-electron chi connectivity index (χ4n) is 4.41. The van der Waals surface area contributed by atoms with Gasteiger partial charge >= 0.3 is 6.03 Å². The van der Waals surface area contributed by atoms with Gasteiger partial charge in [-0.25, -0.2) is 13.2 Å². The molecule has 0 aromatic heterocycles. The second-order valence-corrected chi connectivity index (χ2v) is 10.6. The van der Waals surface area contributed by atoms with Gasteiger partial charge in [-0.3, -0.25) is 0 Å². The summed E-state index contributed by atoms with van der Waals surface area (Å²) in [6.45, 7) is 5.37. The number of rotatable bonds is 4. The highest BCUT2D eigenvalue weighted by Crippen LogP contribution is 2.30. The Morgan fingerprint density at radius 2 is 1.76 bits per heavy atom. The molecule has 0 aromatic rings. The molecule has 1 aliphatic carbocycles. The van der Waals surface area contributed by atoms with Crippen molar-refractivity contribution in [2.75, 3.05) is 32.4 Å². The predicted molar refractivity (Wildman–Crippen MR) is 99.4 cm³/mol. The van der Waals surface area contributed by atoms with Gasteiger partial charge < -0.3 is 15.1 Å². The lowest BCUT2D eigenvalue weighted by molar-refractivity contribution is 0.0668. The van der Waals surface area contributed by atoms with Crippen LogP contribution in [0.1, 0.15) is 51.9 Å². The molecule has 2 saturated heterocycles. The van der Waals surface area contributed by atoms with Crippen LogP contribution in [-0.4, -0.2) is 74.0 Å². The predicted octanol–water partition coefficient (Wildman–Crippen LogP) is 1.86. The van der Waals surface area contributed by atoms with E-state index in [-0.39, 0.29) is 12.1 Å². The number of hydrogen-bond acceptors (Lipinski definition) is 4. The van der Waals surface area contributed by atoms with Crippen LogP contribution in [0.4, 0.5) is 4.79 Å². The highest BCUT2D eigenvalue weighted by molar-refractivity contribution is 7.91. The summed E-state index contributed by atoms with van der Waals surface area (Å²) in [7, 11) is -3.08. The van der Waals surface area contributed by atoms with Crippen molar-refractivity contribution < 1.29 is 13.2 Å². The van der Waals surface area contributed by atoms with Gasteiger partial charge in [-0.1, -0.05) is 6.42 Å². The number of nitrogens with zero attached hydrogens (tertiary/aromatic N) is 2. The fraction of sp³-hybridized carbons (Fsp3) is 0.944. The van der Waals surface area contributed by atoms with Crippen LogP contribution in [0.25, 0.3) is 0 Å². The molecule has 0 radical (unpaired) electrons. The van der Waals surface area contributed by atoms with E-state index in [0.717, 1.165) is 25.4 Å². The molecule has 25 heavy (non-hydrogen) atoms. The normalized spacial score (nSPS) is 30.6. The van der Waals surface area contributed by atoms with Crippen LogP contribution < -0.4 is 5.32 Å². The van der Waals surface area contributed by atoms with Gasteiger partial charge in [0.1, 0.15) is 0 Å². The first-order chi connectivity index (χ1) is 11.8. The van der Waals surface area contributed by atoms with Crippen molar-refractivity contribution in [2.45, 2.75) is 69.2 Å². The van der Waals surface area contributed by atoms with Crippen LogP contribution in [0.15, 0.2) is 0 Å². The molecule has 3 aliphatic rings. The number of carbonyl (C=O) groups is 1. The Balaban J connectivity index is 1.51. The zero-order valence-corrected chi connectivity index (χ0v) is 16.4. The number of nitrogens with one attached hydrogen (secondary N) is 1. The van der Waals surface area contributed by atoms with Gasteiger partial charge in [0, 0.05) is 38.0 Å². The van der Waals surface area contributed by atoms with E-state index in [2.05, 4.69) is 17.1 Å². The maximum Gasteiger partial charge on any atom is 0.317 e. The lowest BCUT2D eigenvalue weighted by Gasteiger charge is -2.44. The standard InChI is InChI=1S/C18H33N3O3S/c1-14(15-6-4-10-20(12-15)16-7-3-8-16)19-18(22)21-11-5-9-17(13-21)25(2,23)24/h14-17H,3-13H2,1-2H3,(H,19,22). The molecule has 1 N–H and O–H groups in total. The molecule has 2 amide bonds. The number of amides is 2. The van der Waals surface area contributed by atoms with Gasteiger partial charge in [-0.05, 0) is 57.9 Å². The molecule has 6 nitrogen and oxygen atoms in total. The first kappa shape index (κ1) is 19.0. The second kappa shape index (κ2) is 7.82. The van der Waals surface area contributed by atoms with E-state index in [1.54, 1.807) is 4.90 Å². The minimum atomic E-state index is -3.08. The molecule has 3 unspecified atom stereocenters. The minimum absolute atomic E-state index is 0.0957. The Kier molecular flexibility index (Phi) is 5.93. The lowest BCUT2D eigenvalue weighted by Crippen LogP contribution is -2.54. The third kappa shape index (κ3) is 4.67. The highest BCUT2D eigenvalue weighted by atomic mass is 32.2. The van der Waals surface area contributed by atoms with Gasteiger partial charge in [-0.15, -0.1) is 0 Å². The summed E-state index contributed by atoms with van der Waals surface area (Å²) in [6.07, 6.45) is 9.09. The summed E-state index contributed by atoms with van der Waals surface area (Å²) >= 11 is 0. The Morgan fingerprint density at radius 1 is 1.04 bits per heavy atom. The molecular formula is C18H33N3O3S. The van der Waals surface area contributed by atoms with Crippen molar-refractivity contribution in [1.82, 2.24) is 15.1 Å². The quantitative estimate of drug-likeness (QED) is 0.819. The van der Waals surface area contributed by atoms with Gasteiger partial charge in [-0.2, -0.15) is 0 Å². The van der Waals surface area contributed by atoms with Crippen LogP contribution in [0, 0.1) is 5.92 Å². The summed E-state index contributed by atoms with van der Waals surface area (Å²) in [4.78, 5) is 16.9. The minimum Gasteiger partial charge on any atom is -0.335 e. The summed E-state index contributed by atoms with van der Waals surface area (Å²) in [5, 5.41) is 2.74. The zero-order chi connectivity index (χ0) is 18.0. The highest BCUT2D eigenvalue weighted by Gasteiger charge is 2.34. The Morgan fingerprint density at radius 3 is 2.40 bits per heavy atom. The lowest BCUT2D eigenvalue weighted by atomic mass is 9.85. The topological polar surface area (TPSA) is 69.7 Å². The van der Waals surface area contributed by atoms with Gasteiger partial charge in [0.15, 0.2) is 9.84 Å². The van der Waals surface area contributed by atoms with Crippen molar-refractivity contribution in [1.29, 1.82) is 0 Å². The summed E-state index contributed by atoms with van der Waals surface area (Å²) < 4.78 is 23.6. The molecule has 2 heterocycles. The van der Waals surface area contributed by atoms with E-state index in [9.17, 15) is 13.2 Å². The van der Waals surface area contributed by atoms with Crippen molar-refractivity contribution in [3.63, 3.8) is 0 Å². The molecule has 144 valence electrons. The van der Waals surface area contributed by atoms with Crippen LogP contribution in [0.5, 0.6) is 0 Å². The summed E-state index contributed by atoms with van der Waals surface area (Å²) in [6, 6.07) is 0.805. The van der Waals surface area contributed by atoms with E-state index in [1.807, 2.05) is 0 Å². The van der Waals surface area contributed by atoms with Crippen molar-refractivity contribution in [3.8, 4) is 0 Å². The van der Waals surface area contributed by atoms with Gasteiger partial charge in [0.25, 0.3) is 0 Å². The number of piperidine rings is 2. The number of hydrogen-bond donors (Lipinski definition) is 1. The maximum absolute atomic E-state index is 12.6. The molecule has 0 aromatic carbocycles. The number of carbonyl (C=O) groups excluding carboxylic acids is 1. The summed E-state index contributed by atoms with van der Waals surface area (Å²) in [5.74, 6) is 0.494. The molecule has 3 rings (SSSR count). The van der Waals surface area contributed by atoms with E-state index in [0.29, 0.717) is 25.4 Å². The Labute approximate surface area is 152 Å². The zero-order valence-electron chi connectivity index (χ0n) is 15.6. The van der Waals surface area contributed by atoms with Crippen LogP contribution in [-0.2, 0) is 9.84 Å². The molecule has 3 fully saturated rings. The maximum atomic E-state index is 12.6. The molecule has 7 heteroatoms. The van der Waals surface area contributed by atoms with Crippen LogP contribution >= 0.6 is 0 Å². The average molecular weight is 372 g/mol. The van der Waals surface area contributed by atoms with E-state index < -0.39 is 15.1 Å². The van der Waals surface area contributed by atoms with Crippen LogP contribution in [0.3, 0.4) is 0 Å². The second-order valence-electron chi connectivity index (χ2n) is 8.26. The molecular weight excluding hydrogens is 338 g/mol. The number of likely N-dealkylation sites (tertiary alicyclic amines) is 2. The van der Waals surface area contributed by atoms with Gasteiger partial charge in [0.2, 0.25) is 0 Å². The SMILES string of the molecule is CC(NC(=O)N1CCCC(S(C)(=O)=O)C1)C1CCCN(C2CCC2)C1. The third-order valence-electron chi connectivity index (χ3n) is 6.41. The van der Waals surface area contributed by atoms with Gasteiger partial charge in [0.05, 0.1) is 5.25 Å². The first-order valence-electron chi connectivity index (χ1n) is 9.83. The smallest absolute Gasteiger partial charge is 0.317 e. The Bertz CT molecular complexity index is 576. The fourth-order valence-corrected chi connectivity index (χ4v) is 5.45.